The second-order valence-corrected chi connectivity index (χ2v) is 5.38. The molecule has 0 aliphatic carbocycles. The maximum atomic E-state index is 11.9. The molecule has 1 amide bonds. The summed E-state index contributed by atoms with van der Waals surface area (Å²) in [6, 6.07) is 0. The Morgan fingerprint density at radius 2 is 2.11 bits per heavy atom. The van der Waals surface area contributed by atoms with Crippen molar-refractivity contribution < 1.29 is 9.53 Å². The third-order valence-electron chi connectivity index (χ3n) is 3.91. The molecular weight excluding hydrogens is 230 g/mol. The molecular formula is C13H25N3O2. The van der Waals surface area contributed by atoms with E-state index in [9.17, 15) is 4.79 Å². The molecule has 2 fully saturated rings. The van der Waals surface area contributed by atoms with Gasteiger partial charge >= 0.3 is 0 Å². The van der Waals surface area contributed by atoms with E-state index in [2.05, 4.69) is 17.3 Å². The Kier molecular flexibility index (Phi) is 5.41. The minimum Gasteiger partial charge on any atom is -0.372 e. The first-order valence-electron chi connectivity index (χ1n) is 7.00. The van der Waals surface area contributed by atoms with Crippen molar-refractivity contribution in [2.75, 3.05) is 59.5 Å². The number of amides is 1. The molecule has 1 N–H and O–H groups in total. The fourth-order valence-electron chi connectivity index (χ4n) is 2.52. The van der Waals surface area contributed by atoms with Crippen LogP contribution in [0.1, 0.15) is 12.8 Å². The molecule has 0 spiro atoms. The minimum absolute atomic E-state index is 0.146. The number of ether oxygens (including phenoxy) is 1. The highest BCUT2D eigenvalue weighted by molar-refractivity contribution is 5.77. The summed E-state index contributed by atoms with van der Waals surface area (Å²) < 4.78 is 5.50. The number of likely N-dealkylation sites (N-methyl/N-ethyl adjacent to an activating group) is 1. The largest absolute Gasteiger partial charge is 0.372 e. The summed E-state index contributed by atoms with van der Waals surface area (Å²) in [6.45, 7) is 6.83. The molecule has 18 heavy (non-hydrogen) atoms. The van der Waals surface area contributed by atoms with Gasteiger partial charge in [-0.05, 0) is 38.9 Å². The van der Waals surface area contributed by atoms with Gasteiger partial charge < -0.3 is 19.9 Å². The van der Waals surface area contributed by atoms with Crippen LogP contribution in [0.3, 0.4) is 0 Å². The van der Waals surface area contributed by atoms with Gasteiger partial charge in [-0.2, -0.15) is 0 Å². The van der Waals surface area contributed by atoms with E-state index >= 15 is 0 Å². The highest BCUT2D eigenvalue weighted by Crippen LogP contribution is 2.11. The highest BCUT2D eigenvalue weighted by Gasteiger charge is 2.19. The molecule has 2 aliphatic heterocycles. The zero-order chi connectivity index (χ0) is 12.8. The monoisotopic (exact) mass is 255 g/mol. The molecule has 0 aromatic carbocycles. The quantitative estimate of drug-likeness (QED) is 0.690. The summed E-state index contributed by atoms with van der Waals surface area (Å²) in [7, 11) is 2.09. The number of nitrogens with zero attached hydrogens (tertiary/aromatic N) is 2. The fourth-order valence-corrected chi connectivity index (χ4v) is 2.52. The molecule has 5 nitrogen and oxygen atoms in total. The third-order valence-corrected chi connectivity index (χ3v) is 3.91. The number of piperazine rings is 1. The smallest absolute Gasteiger partial charge is 0.248 e. The molecule has 1 atom stereocenters. The molecule has 1 unspecified atom stereocenters. The SMILES string of the molecule is CN1CCN(C(=O)COCCC2CCNC2)CC1. The summed E-state index contributed by atoms with van der Waals surface area (Å²) in [5, 5.41) is 3.34. The molecule has 2 rings (SSSR count). The molecule has 5 heteroatoms. The lowest BCUT2D eigenvalue weighted by Crippen LogP contribution is -2.48. The standard InChI is InChI=1S/C13H25N3O2/c1-15-5-7-16(8-6-15)13(17)11-18-9-3-12-2-4-14-10-12/h12,14H,2-11H2,1H3. The molecule has 2 saturated heterocycles. The first-order chi connectivity index (χ1) is 8.75. The third kappa shape index (κ3) is 4.23. The van der Waals surface area contributed by atoms with Gasteiger partial charge in [0.2, 0.25) is 5.91 Å². The average molecular weight is 255 g/mol. The molecule has 0 aromatic heterocycles. The molecule has 0 radical (unpaired) electrons. The average Bonchev–Trinajstić information content (AvgIpc) is 2.88. The molecule has 0 aromatic rings. The number of carbonyl (C=O) groups excluding carboxylic acids is 1. The fraction of sp³-hybridized carbons (Fsp3) is 0.923. The Balaban J connectivity index is 1.54. The normalized spacial score (nSPS) is 25.6. The predicted octanol–water partition coefficient (Wildman–Crippen LogP) is -0.223. The van der Waals surface area contributed by atoms with E-state index in [1.807, 2.05) is 4.90 Å². The summed E-state index contributed by atoms with van der Waals surface area (Å²) in [6.07, 6.45) is 2.32. The zero-order valence-corrected chi connectivity index (χ0v) is 11.4. The van der Waals surface area contributed by atoms with Crippen LogP contribution in [-0.2, 0) is 9.53 Å². The summed E-state index contributed by atoms with van der Waals surface area (Å²) in [5.74, 6) is 0.886. The molecule has 2 aliphatic rings. The van der Waals surface area contributed by atoms with Gasteiger partial charge in [0.15, 0.2) is 0 Å². The number of rotatable bonds is 5. The van der Waals surface area contributed by atoms with Crippen LogP contribution >= 0.6 is 0 Å². The molecule has 2 heterocycles. The Hall–Kier alpha value is -0.650. The first kappa shape index (κ1) is 13.8. The van der Waals surface area contributed by atoms with Crippen molar-refractivity contribution in [1.29, 1.82) is 0 Å². The number of nitrogens with one attached hydrogen (secondary N) is 1. The Morgan fingerprint density at radius 1 is 1.33 bits per heavy atom. The Labute approximate surface area is 109 Å². The van der Waals surface area contributed by atoms with E-state index in [-0.39, 0.29) is 12.5 Å². The second-order valence-electron chi connectivity index (χ2n) is 5.38. The van der Waals surface area contributed by atoms with Crippen molar-refractivity contribution in [3.8, 4) is 0 Å². The summed E-state index contributed by atoms with van der Waals surface area (Å²) in [5.41, 5.74) is 0. The lowest BCUT2D eigenvalue weighted by molar-refractivity contribution is -0.137. The Morgan fingerprint density at radius 3 is 2.78 bits per heavy atom. The van der Waals surface area contributed by atoms with Crippen molar-refractivity contribution in [2.24, 2.45) is 5.92 Å². The predicted molar refractivity (Wildman–Crippen MR) is 70.5 cm³/mol. The second kappa shape index (κ2) is 7.07. The van der Waals surface area contributed by atoms with Crippen molar-refractivity contribution in [3.63, 3.8) is 0 Å². The zero-order valence-electron chi connectivity index (χ0n) is 11.4. The van der Waals surface area contributed by atoms with Crippen LogP contribution in [0.4, 0.5) is 0 Å². The molecule has 104 valence electrons. The van der Waals surface area contributed by atoms with Crippen LogP contribution in [-0.4, -0.2) is 75.2 Å². The van der Waals surface area contributed by atoms with E-state index < -0.39 is 0 Å². The van der Waals surface area contributed by atoms with E-state index in [0.29, 0.717) is 6.61 Å². The number of hydrogen-bond acceptors (Lipinski definition) is 4. The van der Waals surface area contributed by atoms with Crippen LogP contribution in [0.5, 0.6) is 0 Å². The first-order valence-corrected chi connectivity index (χ1v) is 7.00. The number of carbonyl (C=O) groups is 1. The van der Waals surface area contributed by atoms with Crippen LogP contribution in [0, 0.1) is 5.92 Å². The van der Waals surface area contributed by atoms with E-state index in [0.717, 1.165) is 51.6 Å². The van der Waals surface area contributed by atoms with E-state index in [1.54, 1.807) is 0 Å². The van der Waals surface area contributed by atoms with Crippen LogP contribution in [0.2, 0.25) is 0 Å². The highest BCUT2D eigenvalue weighted by atomic mass is 16.5. The van der Waals surface area contributed by atoms with Gasteiger partial charge in [0.1, 0.15) is 6.61 Å². The van der Waals surface area contributed by atoms with Gasteiger partial charge in [0, 0.05) is 32.8 Å². The van der Waals surface area contributed by atoms with Crippen molar-refractivity contribution in [3.05, 3.63) is 0 Å². The van der Waals surface area contributed by atoms with Gasteiger partial charge in [-0.3, -0.25) is 4.79 Å². The van der Waals surface area contributed by atoms with Crippen molar-refractivity contribution >= 4 is 5.91 Å². The minimum atomic E-state index is 0.146. The van der Waals surface area contributed by atoms with Crippen LogP contribution in [0.15, 0.2) is 0 Å². The van der Waals surface area contributed by atoms with Crippen molar-refractivity contribution in [2.45, 2.75) is 12.8 Å². The van der Waals surface area contributed by atoms with E-state index in [1.165, 1.54) is 6.42 Å². The van der Waals surface area contributed by atoms with Gasteiger partial charge in [-0.15, -0.1) is 0 Å². The van der Waals surface area contributed by atoms with Crippen LogP contribution in [0.25, 0.3) is 0 Å². The van der Waals surface area contributed by atoms with Crippen LogP contribution < -0.4 is 5.32 Å². The topological polar surface area (TPSA) is 44.8 Å². The van der Waals surface area contributed by atoms with Gasteiger partial charge in [-0.1, -0.05) is 0 Å². The summed E-state index contributed by atoms with van der Waals surface area (Å²) in [4.78, 5) is 16.0. The molecule has 0 saturated carbocycles. The van der Waals surface area contributed by atoms with Gasteiger partial charge in [-0.25, -0.2) is 0 Å². The number of hydrogen-bond donors (Lipinski definition) is 1. The van der Waals surface area contributed by atoms with E-state index in [4.69, 9.17) is 4.74 Å². The lowest BCUT2D eigenvalue weighted by atomic mass is 10.1. The van der Waals surface area contributed by atoms with Gasteiger partial charge in [0.25, 0.3) is 0 Å². The van der Waals surface area contributed by atoms with Gasteiger partial charge in [0.05, 0.1) is 0 Å². The maximum absolute atomic E-state index is 11.9. The molecule has 0 bridgehead atoms. The lowest BCUT2D eigenvalue weighted by Gasteiger charge is -2.32. The summed E-state index contributed by atoms with van der Waals surface area (Å²) >= 11 is 0. The maximum Gasteiger partial charge on any atom is 0.248 e. The van der Waals surface area contributed by atoms with Crippen molar-refractivity contribution in [1.82, 2.24) is 15.1 Å². The Bertz CT molecular complexity index is 259.